The van der Waals surface area contributed by atoms with E-state index >= 15 is 0 Å². The van der Waals surface area contributed by atoms with Crippen molar-refractivity contribution in [3.8, 4) is 0 Å². The van der Waals surface area contributed by atoms with Crippen molar-refractivity contribution >= 4 is 5.69 Å². The van der Waals surface area contributed by atoms with Gasteiger partial charge >= 0.3 is 0 Å². The molecule has 0 bridgehead atoms. The maximum Gasteiger partial charge on any atom is 0.0340 e. The van der Waals surface area contributed by atoms with Crippen molar-refractivity contribution in [1.82, 2.24) is 5.32 Å². The van der Waals surface area contributed by atoms with Crippen molar-refractivity contribution < 1.29 is 0 Å². The van der Waals surface area contributed by atoms with Crippen LogP contribution < -0.4 is 10.6 Å². The first-order chi connectivity index (χ1) is 5.77. The summed E-state index contributed by atoms with van der Waals surface area (Å²) >= 11 is 0. The lowest BCUT2D eigenvalue weighted by atomic mass is 10.1. The van der Waals surface area contributed by atoms with E-state index in [1.807, 2.05) is 14.1 Å². The van der Waals surface area contributed by atoms with E-state index in [2.05, 4.69) is 35.8 Å². The first-order valence-corrected chi connectivity index (χ1v) is 4.20. The van der Waals surface area contributed by atoms with Gasteiger partial charge in [-0.05, 0) is 37.2 Å². The first-order valence-electron chi connectivity index (χ1n) is 4.20. The quantitative estimate of drug-likeness (QED) is 0.711. The third-order valence-electron chi connectivity index (χ3n) is 2.00. The Labute approximate surface area is 74.0 Å². The van der Waals surface area contributed by atoms with Crippen LogP contribution in [0.15, 0.2) is 18.2 Å². The molecule has 0 atom stereocenters. The highest BCUT2D eigenvalue weighted by Gasteiger charge is 1.96. The molecule has 0 spiro atoms. The van der Waals surface area contributed by atoms with Gasteiger partial charge in [-0.15, -0.1) is 0 Å². The SMILES string of the molecule is CNCc1ccc(NC)cc1C. The fraction of sp³-hybridized carbons (Fsp3) is 0.400. The monoisotopic (exact) mass is 164 g/mol. The minimum Gasteiger partial charge on any atom is -0.388 e. The molecule has 0 aliphatic heterocycles. The Balaban J connectivity index is 2.87. The van der Waals surface area contributed by atoms with Crippen LogP contribution in [0, 0.1) is 6.92 Å². The van der Waals surface area contributed by atoms with Gasteiger partial charge in [0.1, 0.15) is 0 Å². The van der Waals surface area contributed by atoms with Crippen LogP contribution in [-0.4, -0.2) is 14.1 Å². The molecule has 2 nitrogen and oxygen atoms in total. The number of hydrogen-bond acceptors (Lipinski definition) is 2. The molecule has 1 rings (SSSR count). The molecular weight excluding hydrogens is 148 g/mol. The number of aryl methyl sites for hydroxylation is 1. The van der Waals surface area contributed by atoms with Gasteiger partial charge in [-0.25, -0.2) is 0 Å². The molecule has 0 aliphatic rings. The molecule has 0 aromatic heterocycles. The third kappa shape index (κ3) is 1.98. The molecule has 0 amide bonds. The summed E-state index contributed by atoms with van der Waals surface area (Å²) in [6, 6.07) is 6.41. The molecule has 0 aliphatic carbocycles. The van der Waals surface area contributed by atoms with Gasteiger partial charge in [0.05, 0.1) is 0 Å². The summed E-state index contributed by atoms with van der Waals surface area (Å²) < 4.78 is 0. The zero-order valence-electron chi connectivity index (χ0n) is 7.94. The van der Waals surface area contributed by atoms with Crippen LogP contribution in [-0.2, 0) is 6.54 Å². The number of benzene rings is 1. The molecule has 2 N–H and O–H groups in total. The molecule has 2 heteroatoms. The Bertz CT molecular complexity index is 256. The van der Waals surface area contributed by atoms with E-state index in [4.69, 9.17) is 0 Å². The summed E-state index contributed by atoms with van der Waals surface area (Å²) in [4.78, 5) is 0. The van der Waals surface area contributed by atoms with Gasteiger partial charge in [0.2, 0.25) is 0 Å². The number of rotatable bonds is 3. The van der Waals surface area contributed by atoms with Gasteiger partial charge in [-0.1, -0.05) is 6.07 Å². The second-order valence-corrected chi connectivity index (χ2v) is 2.92. The van der Waals surface area contributed by atoms with Gasteiger partial charge in [-0.2, -0.15) is 0 Å². The van der Waals surface area contributed by atoms with Crippen molar-refractivity contribution in [3.63, 3.8) is 0 Å². The summed E-state index contributed by atoms with van der Waals surface area (Å²) in [6.45, 7) is 3.07. The van der Waals surface area contributed by atoms with Crippen molar-refractivity contribution in [2.75, 3.05) is 19.4 Å². The lowest BCUT2D eigenvalue weighted by Gasteiger charge is -2.07. The number of hydrogen-bond donors (Lipinski definition) is 2. The maximum atomic E-state index is 3.14. The molecule has 1 aromatic rings. The average molecular weight is 164 g/mol. The van der Waals surface area contributed by atoms with Crippen LogP contribution in [0.2, 0.25) is 0 Å². The Morgan fingerprint density at radius 2 is 2.00 bits per heavy atom. The zero-order chi connectivity index (χ0) is 8.97. The van der Waals surface area contributed by atoms with Crippen LogP contribution >= 0.6 is 0 Å². The van der Waals surface area contributed by atoms with Gasteiger partial charge in [0.15, 0.2) is 0 Å². The standard InChI is InChI=1S/C10H16N2/c1-8-6-10(12-3)5-4-9(8)7-11-2/h4-6,11-12H,7H2,1-3H3. The van der Waals surface area contributed by atoms with Crippen molar-refractivity contribution in [1.29, 1.82) is 0 Å². The molecule has 0 saturated carbocycles. The lowest BCUT2D eigenvalue weighted by Crippen LogP contribution is -2.06. The highest BCUT2D eigenvalue weighted by Crippen LogP contribution is 2.13. The summed E-state index contributed by atoms with van der Waals surface area (Å²) in [5.74, 6) is 0. The van der Waals surface area contributed by atoms with E-state index in [0.717, 1.165) is 6.54 Å². The Hall–Kier alpha value is -1.02. The maximum absolute atomic E-state index is 3.14. The molecule has 0 radical (unpaired) electrons. The number of anilines is 1. The molecule has 66 valence electrons. The predicted octanol–water partition coefficient (Wildman–Crippen LogP) is 1.76. The summed E-state index contributed by atoms with van der Waals surface area (Å²) in [5, 5.41) is 6.26. The summed E-state index contributed by atoms with van der Waals surface area (Å²) in [6.07, 6.45) is 0. The molecule has 1 aromatic carbocycles. The third-order valence-corrected chi connectivity index (χ3v) is 2.00. The second-order valence-electron chi connectivity index (χ2n) is 2.92. The molecule has 0 unspecified atom stereocenters. The largest absolute Gasteiger partial charge is 0.388 e. The highest BCUT2D eigenvalue weighted by atomic mass is 14.8. The molecule has 0 heterocycles. The van der Waals surface area contributed by atoms with E-state index in [1.165, 1.54) is 16.8 Å². The van der Waals surface area contributed by atoms with Crippen molar-refractivity contribution in [2.24, 2.45) is 0 Å². The Kier molecular flexibility index (Phi) is 3.11. The fourth-order valence-corrected chi connectivity index (χ4v) is 1.24. The van der Waals surface area contributed by atoms with Crippen LogP contribution in [0.1, 0.15) is 11.1 Å². The number of nitrogens with one attached hydrogen (secondary N) is 2. The summed E-state index contributed by atoms with van der Waals surface area (Å²) in [7, 11) is 3.90. The predicted molar refractivity (Wildman–Crippen MR) is 53.5 cm³/mol. The highest BCUT2D eigenvalue weighted by molar-refractivity contribution is 5.47. The lowest BCUT2D eigenvalue weighted by molar-refractivity contribution is 0.812. The molecule has 12 heavy (non-hydrogen) atoms. The van der Waals surface area contributed by atoms with E-state index in [0.29, 0.717) is 0 Å². The second kappa shape index (κ2) is 4.12. The average Bonchev–Trinajstić information content (AvgIpc) is 2.09. The normalized spacial score (nSPS) is 9.92. The first kappa shape index (κ1) is 9.07. The van der Waals surface area contributed by atoms with Crippen molar-refractivity contribution in [2.45, 2.75) is 13.5 Å². The topological polar surface area (TPSA) is 24.1 Å². The minimum absolute atomic E-state index is 0.940. The Morgan fingerprint density at radius 3 is 2.50 bits per heavy atom. The molecular formula is C10H16N2. The van der Waals surface area contributed by atoms with Crippen LogP contribution in [0.25, 0.3) is 0 Å². The van der Waals surface area contributed by atoms with E-state index in [1.54, 1.807) is 0 Å². The zero-order valence-corrected chi connectivity index (χ0v) is 7.94. The van der Waals surface area contributed by atoms with Crippen LogP contribution in [0.3, 0.4) is 0 Å². The van der Waals surface area contributed by atoms with Crippen LogP contribution in [0.5, 0.6) is 0 Å². The van der Waals surface area contributed by atoms with Crippen LogP contribution in [0.4, 0.5) is 5.69 Å². The van der Waals surface area contributed by atoms with Gasteiger partial charge < -0.3 is 10.6 Å². The molecule has 0 fully saturated rings. The van der Waals surface area contributed by atoms with Gasteiger partial charge in [0, 0.05) is 19.3 Å². The van der Waals surface area contributed by atoms with Crippen molar-refractivity contribution in [3.05, 3.63) is 29.3 Å². The van der Waals surface area contributed by atoms with E-state index in [-0.39, 0.29) is 0 Å². The fourth-order valence-electron chi connectivity index (χ4n) is 1.24. The Morgan fingerprint density at radius 1 is 1.25 bits per heavy atom. The smallest absolute Gasteiger partial charge is 0.0340 e. The van der Waals surface area contributed by atoms with Gasteiger partial charge in [-0.3, -0.25) is 0 Å². The van der Waals surface area contributed by atoms with E-state index in [9.17, 15) is 0 Å². The van der Waals surface area contributed by atoms with Gasteiger partial charge in [0.25, 0.3) is 0 Å². The minimum atomic E-state index is 0.940. The van der Waals surface area contributed by atoms with E-state index < -0.39 is 0 Å². The summed E-state index contributed by atoms with van der Waals surface area (Å²) in [5.41, 5.74) is 3.86. The molecule has 0 saturated heterocycles.